The molecule has 0 aliphatic rings. The highest BCUT2D eigenvalue weighted by Gasteiger charge is 2.09. The minimum atomic E-state index is -0.863. The molecule has 0 amide bonds. The summed E-state index contributed by atoms with van der Waals surface area (Å²) in [6.07, 6.45) is 1.67. The molecule has 0 bridgehead atoms. The third-order valence-electron chi connectivity index (χ3n) is 2.41. The number of halogens is 2. The van der Waals surface area contributed by atoms with Gasteiger partial charge in [-0.05, 0) is 36.5 Å². The van der Waals surface area contributed by atoms with Gasteiger partial charge in [0.1, 0.15) is 5.82 Å². The zero-order valence-corrected chi connectivity index (χ0v) is 9.85. The molecule has 0 saturated heterocycles. The molecular formula is C12H14ClFO2. The van der Waals surface area contributed by atoms with Gasteiger partial charge >= 0.3 is 5.97 Å². The summed E-state index contributed by atoms with van der Waals surface area (Å²) < 4.78 is 13.6. The molecule has 1 rings (SSSR count). The molecule has 0 fully saturated rings. The molecule has 0 spiro atoms. The highest BCUT2D eigenvalue weighted by Crippen LogP contribution is 2.22. The van der Waals surface area contributed by atoms with Gasteiger partial charge < -0.3 is 5.11 Å². The predicted octanol–water partition coefficient (Wildman–Crippen LogP) is 3.45. The minimum Gasteiger partial charge on any atom is -0.481 e. The lowest BCUT2D eigenvalue weighted by Crippen LogP contribution is -1.99. The van der Waals surface area contributed by atoms with Gasteiger partial charge in [-0.3, -0.25) is 4.79 Å². The van der Waals surface area contributed by atoms with Crippen molar-refractivity contribution in [3.8, 4) is 0 Å². The van der Waals surface area contributed by atoms with Crippen LogP contribution in [-0.2, 0) is 17.6 Å². The lowest BCUT2D eigenvalue weighted by atomic mass is 10.0. The molecule has 0 aromatic heterocycles. The molecule has 0 unspecified atom stereocenters. The molecular weight excluding hydrogens is 231 g/mol. The van der Waals surface area contributed by atoms with Crippen LogP contribution in [0.2, 0.25) is 5.02 Å². The summed E-state index contributed by atoms with van der Waals surface area (Å²) in [6, 6.07) is 3.36. The van der Waals surface area contributed by atoms with Gasteiger partial charge in [0, 0.05) is 6.42 Å². The van der Waals surface area contributed by atoms with E-state index in [0.29, 0.717) is 18.4 Å². The first kappa shape index (κ1) is 13.0. The van der Waals surface area contributed by atoms with Crippen molar-refractivity contribution >= 4 is 17.6 Å². The Hall–Kier alpha value is -1.09. The molecule has 1 aromatic carbocycles. The molecule has 0 aliphatic carbocycles. The highest BCUT2D eigenvalue weighted by molar-refractivity contribution is 6.30. The quantitative estimate of drug-likeness (QED) is 0.861. The average Bonchev–Trinajstić information content (AvgIpc) is 2.23. The van der Waals surface area contributed by atoms with Crippen molar-refractivity contribution < 1.29 is 14.3 Å². The second kappa shape index (κ2) is 5.85. The number of benzene rings is 1. The zero-order valence-electron chi connectivity index (χ0n) is 9.09. The Labute approximate surface area is 99.0 Å². The lowest BCUT2D eigenvalue weighted by molar-refractivity contribution is -0.137. The van der Waals surface area contributed by atoms with E-state index in [4.69, 9.17) is 16.7 Å². The van der Waals surface area contributed by atoms with Gasteiger partial charge in [-0.15, -0.1) is 0 Å². The van der Waals surface area contributed by atoms with Crippen molar-refractivity contribution in [1.82, 2.24) is 0 Å². The van der Waals surface area contributed by atoms with E-state index >= 15 is 0 Å². The maximum Gasteiger partial charge on any atom is 0.303 e. The van der Waals surface area contributed by atoms with E-state index in [-0.39, 0.29) is 11.4 Å². The van der Waals surface area contributed by atoms with Gasteiger partial charge in [0.25, 0.3) is 0 Å². The van der Waals surface area contributed by atoms with E-state index in [1.807, 2.05) is 6.92 Å². The van der Waals surface area contributed by atoms with Crippen molar-refractivity contribution in [1.29, 1.82) is 0 Å². The topological polar surface area (TPSA) is 37.3 Å². The van der Waals surface area contributed by atoms with E-state index in [0.717, 1.165) is 12.0 Å². The summed E-state index contributed by atoms with van der Waals surface area (Å²) in [5.41, 5.74) is 1.47. The number of carboxylic acid groups (broad SMARTS) is 1. The summed E-state index contributed by atoms with van der Waals surface area (Å²) in [7, 11) is 0. The van der Waals surface area contributed by atoms with Crippen molar-refractivity contribution in [3.63, 3.8) is 0 Å². The first-order valence-electron chi connectivity index (χ1n) is 5.23. The van der Waals surface area contributed by atoms with Gasteiger partial charge in [-0.25, -0.2) is 4.39 Å². The molecule has 1 N–H and O–H groups in total. The zero-order chi connectivity index (χ0) is 12.1. The molecule has 0 saturated carbocycles. The normalized spacial score (nSPS) is 10.4. The molecule has 2 nitrogen and oxygen atoms in total. The number of aryl methyl sites for hydroxylation is 2. The fraction of sp³-hybridized carbons (Fsp3) is 0.417. The number of hydrogen-bond acceptors (Lipinski definition) is 1. The fourth-order valence-electron chi connectivity index (χ4n) is 1.52. The Bertz CT molecular complexity index is 391. The van der Waals surface area contributed by atoms with Gasteiger partial charge in [0.05, 0.1) is 5.02 Å². The Kier molecular flexibility index (Phi) is 4.74. The minimum absolute atomic E-state index is 0.0490. The second-order valence-corrected chi connectivity index (χ2v) is 4.06. The standard InChI is InChI=1S/C12H14ClFO2/c1-2-8-6-9(4-3-5-11(15)16)12(14)10(13)7-8/h6-7H,2-5H2,1H3,(H,15,16). The third kappa shape index (κ3) is 3.49. The van der Waals surface area contributed by atoms with Gasteiger partial charge in [0.2, 0.25) is 0 Å². The molecule has 88 valence electrons. The van der Waals surface area contributed by atoms with Crippen LogP contribution < -0.4 is 0 Å². The first-order chi connectivity index (χ1) is 7.54. The molecule has 0 heterocycles. The van der Waals surface area contributed by atoms with E-state index < -0.39 is 11.8 Å². The smallest absolute Gasteiger partial charge is 0.303 e. The van der Waals surface area contributed by atoms with Crippen LogP contribution in [0.15, 0.2) is 12.1 Å². The summed E-state index contributed by atoms with van der Waals surface area (Å²) in [5.74, 6) is -1.29. The summed E-state index contributed by atoms with van der Waals surface area (Å²) >= 11 is 5.75. The Morgan fingerprint density at radius 2 is 2.19 bits per heavy atom. The third-order valence-corrected chi connectivity index (χ3v) is 2.68. The van der Waals surface area contributed by atoms with Crippen molar-refractivity contribution in [2.45, 2.75) is 32.6 Å². The van der Waals surface area contributed by atoms with Crippen LogP contribution in [0.3, 0.4) is 0 Å². The monoisotopic (exact) mass is 244 g/mol. The maximum absolute atomic E-state index is 13.6. The number of rotatable bonds is 5. The van der Waals surface area contributed by atoms with Gasteiger partial charge in [-0.1, -0.05) is 24.6 Å². The van der Waals surface area contributed by atoms with Crippen LogP contribution >= 0.6 is 11.6 Å². The largest absolute Gasteiger partial charge is 0.481 e. The van der Waals surface area contributed by atoms with Crippen LogP contribution in [0, 0.1) is 5.82 Å². The fourth-order valence-corrected chi connectivity index (χ4v) is 1.79. The van der Waals surface area contributed by atoms with Gasteiger partial charge in [-0.2, -0.15) is 0 Å². The Morgan fingerprint density at radius 1 is 1.50 bits per heavy atom. The van der Waals surface area contributed by atoms with Crippen LogP contribution in [-0.4, -0.2) is 11.1 Å². The number of aliphatic carboxylic acids is 1. The van der Waals surface area contributed by atoms with Crippen LogP contribution in [0.4, 0.5) is 4.39 Å². The number of carboxylic acids is 1. The maximum atomic E-state index is 13.6. The Morgan fingerprint density at radius 3 is 2.75 bits per heavy atom. The summed E-state index contributed by atoms with van der Waals surface area (Å²) in [6.45, 7) is 1.96. The van der Waals surface area contributed by atoms with E-state index in [1.165, 1.54) is 0 Å². The average molecular weight is 245 g/mol. The van der Waals surface area contributed by atoms with E-state index in [1.54, 1.807) is 12.1 Å². The molecule has 0 atom stereocenters. The number of hydrogen-bond donors (Lipinski definition) is 1. The molecule has 1 aromatic rings. The number of carbonyl (C=O) groups is 1. The van der Waals surface area contributed by atoms with Crippen LogP contribution in [0.1, 0.15) is 30.9 Å². The van der Waals surface area contributed by atoms with Crippen LogP contribution in [0.25, 0.3) is 0 Å². The molecule has 0 radical (unpaired) electrons. The second-order valence-electron chi connectivity index (χ2n) is 3.65. The highest BCUT2D eigenvalue weighted by atomic mass is 35.5. The van der Waals surface area contributed by atoms with E-state index in [9.17, 15) is 9.18 Å². The van der Waals surface area contributed by atoms with E-state index in [2.05, 4.69) is 0 Å². The predicted molar refractivity (Wildman–Crippen MR) is 61.4 cm³/mol. The summed E-state index contributed by atoms with van der Waals surface area (Å²) in [4.78, 5) is 10.3. The van der Waals surface area contributed by atoms with Gasteiger partial charge in [0.15, 0.2) is 0 Å². The van der Waals surface area contributed by atoms with Crippen molar-refractivity contribution in [3.05, 3.63) is 34.1 Å². The SMILES string of the molecule is CCc1cc(Cl)c(F)c(CCCC(=O)O)c1. The molecule has 0 aliphatic heterocycles. The van der Waals surface area contributed by atoms with Crippen molar-refractivity contribution in [2.75, 3.05) is 0 Å². The molecule has 4 heteroatoms. The van der Waals surface area contributed by atoms with Crippen LogP contribution in [0.5, 0.6) is 0 Å². The lowest BCUT2D eigenvalue weighted by Gasteiger charge is -2.07. The summed E-state index contributed by atoms with van der Waals surface area (Å²) in [5, 5.41) is 8.61. The van der Waals surface area contributed by atoms with Crippen molar-refractivity contribution in [2.24, 2.45) is 0 Å². The molecule has 16 heavy (non-hydrogen) atoms. The Balaban J connectivity index is 2.78. The first-order valence-corrected chi connectivity index (χ1v) is 5.61.